The minimum absolute atomic E-state index is 0.201. The van der Waals surface area contributed by atoms with Crippen LogP contribution >= 0.6 is 22.6 Å². The molecular weight excluding hydrogens is 269 g/mol. The minimum Gasteiger partial charge on any atom is -0.317 e. The lowest BCUT2D eigenvalue weighted by atomic mass is 10.4. The van der Waals surface area contributed by atoms with Crippen LogP contribution in [0.5, 0.6) is 0 Å². The maximum Gasteiger partial charge on any atom is 0.267 e. The number of nitrogens with one attached hydrogen (secondary N) is 1. The molecule has 5 heteroatoms. The number of hydrogen-bond acceptors (Lipinski definition) is 3. The number of fused-ring (bicyclic) bond motifs is 1. The van der Waals surface area contributed by atoms with E-state index in [-0.39, 0.29) is 5.56 Å². The van der Waals surface area contributed by atoms with E-state index in [1.165, 1.54) is 6.20 Å². The number of pyridine rings is 1. The number of H-pyrrole nitrogens is 1. The van der Waals surface area contributed by atoms with Gasteiger partial charge in [0.1, 0.15) is 0 Å². The first-order valence-corrected chi connectivity index (χ1v) is 4.35. The van der Waals surface area contributed by atoms with Gasteiger partial charge >= 0.3 is 0 Å². The van der Waals surface area contributed by atoms with Crippen LogP contribution in [0.4, 0.5) is 0 Å². The Morgan fingerprint density at radius 2 is 2.25 bits per heavy atom. The molecule has 0 aromatic carbocycles. The van der Waals surface area contributed by atoms with Gasteiger partial charge in [0.05, 0.1) is 11.7 Å². The number of nitrogens with zero attached hydrogens (tertiary/aromatic N) is 2. The molecule has 0 aliphatic heterocycles. The van der Waals surface area contributed by atoms with Crippen molar-refractivity contribution in [3.63, 3.8) is 0 Å². The van der Waals surface area contributed by atoms with E-state index in [2.05, 4.69) is 37.5 Å². The van der Waals surface area contributed by atoms with Crippen LogP contribution in [0, 0.1) is 3.57 Å². The van der Waals surface area contributed by atoms with Crippen LogP contribution in [0.1, 0.15) is 0 Å². The summed E-state index contributed by atoms with van der Waals surface area (Å²) in [6.07, 6.45) is 2.89. The molecule has 0 saturated heterocycles. The van der Waals surface area contributed by atoms with E-state index in [0.29, 0.717) is 11.2 Å². The Morgan fingerprint density at radius 1 is 1.42 bits per heavy atom. The smallest absolute Gasteiger partial charge is 0.267 e. The number of halogens is 1. The molecule has 60 valence electrons. The molecule has 0 atom stereocenters. The molecule has 0 saturated carbocycles. The van der Waals surface area contributed by atoms with Gasteiger partial charge in [0, 0.05) is 9.77 Å². The molecule has 0 bridgehead atoms. The maximum absolute atomic E-state index is 10.9. The standard InChI is InChI=1S/C7H4IN3O/c8-4-1-2-9-7-6(4)11-5(12)3-10-7/h1-3H,(H,11,12). The Balaban J connectivity index is 2.97. The molecule has 0 aliphatic rings. The predicted molar refractivity (Wildman–Crippen MR) is 52.9 cm³/mol. The number of rotatable bonds is 0. The first-order chi connectivity index (χ1) is 5.77. The second kappa shape index (κ2) is 2.81. The van der Waals surface area contributed by atoms with Crippen LogP contribution < -0.4 is 5.56 Å². The monoisotopic (exact) mass is 273 g/mol. The maximum atomic E-state index is 10.9. The summed E-state index contributed by atoms with van der Waals surface area (Å²) < 4.78 is 0.947. The highest BCUT2D eigenvalue weighted by Crippen LogP contribution is 2.11. The zero-order valence-electron chi connectivity index (χ0n) is 5.91. The summed E-state index contributed by atoms with van der Waals surface area (Å²) in [4.78, 5) is 21.4. The molecule has 0 radical (unpaired) electrons. The number of aromatic amines is 1. The summed E-state index contributed by atoms with van der Waals surface area (Å²) >= 11 is 2.12. The average molecular weight is 273 g/mol. The first-order valence-electron chi connectivity index (χ1n) is 3.27. The van der Waals surface area contributed by atoms with Crippen molar-refractivity contribution in [2.75, 3.05) is 0 Å². The van der Waals surface area contributed by atoms with Crippen molar-refractivity contribution in [1.82, 2.24) is 15.0 Å². The summed E-state index contributed by atoms with van der Waals surface area (Å²) in [5, 5.41) is 0. The molecular formula is C7H4IN3O. The fraction of sp³-hybridized carbons (Fsp3) is 0. The van der Waals surface area contributed by atoms with Gasteiger partial charge in [-0.15, -0.1) is 0 Å². The SMILES string of the molecule is O=c1cnc2nccc(I)c2[nH]1. The largest absolute Gasteiger partial charge is 0.317 e. The quantitative estimate of drug-likeness (QED) is 0.726. The van der Waals surface area contributed by atoms with E-state index in [9.17, 15) is 4.79 Å². The van der Waals surface area contributed by atoms with Gasteiger partial charge in [0.2, 0.25) is 0 Å². The van der Waals surface area contributed by atoms with Gasteiger partial charge in [-0.25, -0.2) is 9.97 Å². The Labute approximate surface area is 81.2 Å². The van der Waals surface area contributed by atoms with E-state index < -0.39 is 0 Å². The summed E-state index contributed by atoms with van der Waals surface area (Å²) in [5.41, 5.74) is 1.07. The summed E-state index contributed by atoms with van der Waals surface area (Å²) in [6, 6.07) is 1.82. The Kier molecular flexibility index (Phi) is 1.80. The van der Waals surface area contributed by atoms with E-state index in [4.69, 9.17) is 0 Å². The third-order valence-electron chi connectivity index (χ3n) is 1.43. The van der Waals surface area contributed by atoms with Crippen molar-refractivity contribution in [2.24, 2.45) is 0 Å². The summed E-state index contributed by atoms with van der Waals surface area (Å²) in [6.45, 7) is 0. The minimum atomic E-state index is -0.201. The first kappa shape index (κ1) is 7.66. The molecule has 12 heavy (non-hydrogen) atoms. The van der Waals surface area contributed by atoms with Crippen LogP contribution in [-0.4, -0.2) is 15.0 Å². The van der Waals surface area contributed by atoms with Gasteiger partial charge in [-0.05, 0) is 28.7 Å². The summed E-state index contributed by atoms with van der Waals surface area (Å²) in [5.74, 6) is 0. The van der Waals surface area contributed by atoms with Gasteiger partial charge in [-0.2, -0.15) is 0 Å². The highest BCUT2D eigenvalue weighted by molar-refractivity contribution is 14.1. The third kappa shape index (κ3) is 1.20. The normalized spacial score (nSPS) is 10.4. The topological polar surface area (TPSA) is 58.6 Å². The molecule has 0 fully saturated rings. The molecule has 2 heterocycles. The van der Waals surface area contributed by atoms with Crippen molar-refractivity contribution in [2.45, 2.75) is 0 Å². The van der Waals surface area contributed by atoms with Crippen LogP contribution in [0.15, 0.2) is 23.3 Å². The molecule has 0 aliphatic carbocycles. The molecule has 2 aromatic heterocycles. The lowest BCUT2D eigenvalue weighted by Gasteiger charge is -1.95. The van der Waals surface area contributed by atoms with Crippen LogP contribution in [-0.2, 0) is 0 Å². The van der Waals surface area contributed by atoms with Gasteiger partial charge in [0.15, 0.2) is 5.65 Å². The third-order valence-corrected chi connectivity index (χ3v) is 2.33. The zero-order valence-corrected chi connectivity index (χ0v) is 8.07. The molecule has 0 unspecified atom stereocenters. The van der Waals surface area contributed by atoms with Gasteiger partial charge in [-0.1, -0.05) is 0 Å². The van der Waals surface area contributed by atoms with Gasteiger partial charge in [-0.3, -0.25) is 4.79 Å². The van der Waals surface area contributed by atoms with Crippen molar-refractivity contribution in [3.8, 4) is 0 Å². The lowest BCUT2D eigenvalue weighted by molar-refractivity contribution is 1.17. The van der Waals surface area contributed by atoms with Gasteiger partial charge in [0.25, 0.3) is 5.56 Å². The zero-order chi connectivity index (χ0) is 8.55. The predicted octanol–water partition coefficient (Wildman–Crippen LogP) is 0.923. The van der Waals surface area contributed by atoms with Crippen LogP contribution in [0.3, 0.4) is 0 Å². The Morgan fingerprint density at radius 3 is 3.08 bits per heavy atom. The molecule has 0 spiro atoms. The van der Waals surface area contributed by atoms with E-state index >= 15 is 0 Å². The lowest BCUT2D eigenvalue weighted by Crippen LogP contribution is -2.06. The van der Waals surface area contributed by atoms with Crippen molar-refractivity contribution in [3.05, 3.63) is 32.4 Å². The fourth-order valence-corrected chi connectivity index (χ4v) is 1.45. The highest BCUT2D eigenvalue weighted by atomic mass is 127. The highest BCUT2D eigenvalue weighted by Gasteiger charge is 1.99. The molecule has 2 rings (SSSR count). The molecule has 4 nitrogen and oxygen atoms in total. The van der Waals surface area contributed by atoms with E-state index in [0.717, 1.165) is 3.57 Å². The molecule has 2 aromatic rings. The van der Waals surface area contributed by atoms with Crippen LogP contribution in [0.25, 0.3) is 11.2 Å². The second-order valence-corrected chi connectivity index (χ2v) is 3.40. The fourth-order valence-electron chi connectivity index (χ4n) is 0.917. The molecule has 0 amide bonds. The van der Waals surface area contributed by atoms with Crippen molar-refractivity contribution >= 4 is 33.8 Å². The second-order valence-electron chi connectivity index (χ2n) is 2.24. The average Bonchev–Trinajstić information content (AvgIpc) is 2.07. The van der Waals surface area contributed by atoms with Gasteiger partial charge < -0.3 is 4.98 Å². The van der Waals surface area contributed by atoms with Crippen molar-refractivity contribution < 1.29 is 0 Å². The van der Waals surface area contributed by atoms with E-state index in [1.54, 1.807) is 6.20 Å². The Bertz CT molecular complexity index is 479. The Hall–Kier alpha value is -0.980. The molecule has 1 N–H and O–H groups in total. The number of hydrogen-bond donors (Lipinski definition) is 1. The van der Waals surface area contributed by atoms with E-state index in [1.807, 2.05) is 6.07 Å². The van der Waals surface area contributed by atoms with Crippen LogP contribution in [0.2, 0.25) is 0 Å². The van der Waals surface area contributed by atoms with Crippen molar-refractivity contribution in [1.29, 1.82) is 0 Å². The summed E-state index contributed by atoms with van der Waals surface area (Å²) in [7, 11) is 0. The number of aromatic nitrogens is 3.